The summed E-state index contributed by atoms with van der Waals surface area (Å²) in [5, 5.41) is 14.9. The van der Waals surface area contributed by atoms with Gasteiger partial charge in [-0.15, -0.1) is 0 Å². The van der Waals surface area contributed by atoms with Gasteiger partial charge in [0.05, 0.1) is 22.3 Å². The van der Waals surface area contributed by atoms with Crippen LogP contribution in [0.1, 0.15) is 5.56 Å². The van der Waals surface area contributed by atoms with E-state index in [2.05, 4.69) is 114 Å². The Bertz CT molecular complexity index is 2240. The fourth-order valence-corrected chi connectivity index (χ4v) is 6.21. The van der Waals surface area contributed by atoms with Crippen LogP contribution in [0.2, 0.25) is 0 Å². The quantitative estimate of drug-likeness (QED) is 0.237. The van der Waals surface area contributed by atoms with Gasteiger partial charge in [-0.05, 0) is 47.0 Å². The van der Waals surface area contributed by atoms with Crippen molar-refractivity contribution in [3.63, 3.8) is 0 Å². The highest BCUT2D eigenvalue weighted by Crippen LogP contribution is 2.43. The molecule has 0 aliphatic rings. The van der Waals surface area contributed by atoms with Crippen LogP contribution in [0.4, 0.5) is 0 Å². The average Bonchev–Trinajstić information content (AvgIpc) is 3.56. The molecule has 0 fully saturated rings. The lowest BCUT2D eigenvalue weighted by Gasteiger charge is -2.18. The molecule has 2 heterocycles. The number of nitrogens with zero attached hydrogens (tertiary/aromatic N) is 2. The molecule has 0 unspecified atom stereocenters. The van der Waals surface area contributed by atoms with E-state index in [9.17, 15) is 5.26 Å². The Balaban J connectivity index is 1.48. The van der Waals surface area contributed by atoms with E-state index in [1.807, 2.05) is 30.3 Å². The molecule has 186 valence electrons. The summed E-state index contributed by atoms with van der Waals surface area (Å²) in [6.45, 7) is 0. The largest absolute Gasteiger partial charge is 0.456 e. The average molecular weight is 511 g/mol. The molecule has 3 heteroatoms. The Hall–Kier alpha value is -5.59. The molecule has 0 amide bonds. The van der Waals surface area contributed by atoms with Gasteiger partial charge in [-0.2, -0.15) is 5.26 Å². The van der Waals surface area contributed by atoms with Crippen molar-refractivity contribution in [2.45, 2.75) is 0 Å². The summed E-state index contributed by atoms with van der Waals surface area (Å²) in [5.41, 5.74) is 9.68. The molecule has 3 nitrogen and oxygen atoms in total. The topological polar surface area (TPSA) is 41.9 Å². The summed E-state index contributed by atoms with van der Waals surface area (Å²) in [5.74, 6) is 0. The number of para-hydroxylation sites is 4. The highest BCUT2D eigenvalue weighted by Gasteiger charge is 2.21. The van der Waals surface area contributed by atoms with Gasteiger partial charge in [0.15, 0.2) is 0 Å². The van der Waals surface area contributed by atoms with Gasteiger partial charge in [0.1, 0.15) is 17.2 Å². The number of nitriles is 1. The minimum Gasteiger partial charge on any atom is -0.456 e. The van der Waals surface area contributed by atoms with Crippen LogP contribution in [0.25, 0.3) is 71.7 Å². The number of fused-ring (bicyclic) bond motifs is 6. The van der Waals surface area contributed by atoms with Crippen molar-refractivity contribution in [2.75, 3.05) is 0 Å². The molecule has 0 aliphatic carbocycles. The second-order valence-electron chi connectivity index (χ2n) is 10.0. The molecule has 0 saturated carbocycles. The van der Waals surface area contributed by atoms with Gasteiger partial charge in [0.2, 0.25) is 0 Å². The fourth-order valence-electron chi connectivity index (χ4n) is 6.21. The molecule has 40 heavy (non-hydrogen) atoms. The van der Waals surface area contributed by atoms with Crippen LogP contribution in [-0.4, -0.2) is 4.57 Å². The maximum absolute atomic E-state index is 10.4. The van der Waals surface area contributed by atoms with Crippen molar-refractivity contribution in [1.82, 2.24) is 4.57 Å². The van der Waals surface area contributed by atoms with Gasteiger partial charge in [-0.3, -0.25) is 0 Å². The minimum absolute atomic E-state index is 0.630. The predicted octanol–water partition coefficient (Wildman–Crippen LogP) is 9.89. The van der Waals surface area contributed by atoms with Crippen LogP contribution in [0.15, 0.2) is 138 Å². The van der Waals surface area contributed by atoms with Crippen LogP contribution < -0.4 is 0 Å². The Morgan fingerprint density at radius 3 is 1.73 bits per heavy atom. The second kappa shape index (κ2) is 8.73. The molecular weight excluding hydrogens is 488 g/mol. The first-order valence-electron chi connectivity index (χ1n) is 13.4. The van der Waals surface area contributed by atoms with E-state index in [0.717, 1.165) is 60.9 Å². The van der Waals surface area contributed by atoms with Crippen molar-refractivity contribution in [3.8, 4) is 34.0 Å². The molecule has 0 atom stereocenters. The first-order chi connectivity index (χ1) is 19.8. The molecule has 0 aliphatic heterocycles. The molecule has 8 aromatic rings. The molecule has 0 spiro atoms. The second-order valence-corrected chi connectivity index (χ2v) is 10.0. The highest BCUT2D eigenvalue weighted by molar-refractivity contribution is 6.14. The summed E-state index contributed by atoms with van der Waals surface area (Å²) in [6.07, 6.45) is 0. The molecule has 0 N–H and O–H groups in total. The number of hydrogen-bond donors (Lipinski definition) is 0. The van der Waals surface area contributed by atoms with Gasteiger partial charge in [-0.1, -0.05) is 103 Å². The third-order valence-corrected chi connectivity index (χ3v) is 7.87. The Labute approximate surface area is 230 Å². The van der Waals surface area contributed by atoms with Crippen molar-refractivity contribution >= 4 is 43.7 Å². The van der Waals surface area contributed by atoms with Crippen molar-refractivity contribution in [3.05, 3.63) is 139 Å². The van der Waals surface area contributed by atoms with Crippen molar-refractivity contribution in [1.29, 1.82) is 5.26 Å². The molecule has 8 rings (SSSR count). The molecule has 6 aromatic carbocycles. The Kier molecular flexibility index (Phi) is 4.89. The highest BCUT2D eigenvalue weighted by atomic mass is 16.3. The van der Waals surface area contributed by atoms with Gasteiger partial charge in [0, 0.05) is 27.1 Å². The monoisotopic (exact) mass is 510 g/mol. The maximum Gasteiger partial charge on any atom is 0.136 e. The third kappa shape index (κ3) is 3.17. The Morgan fingerprint density at radius 1 is 0.475 bits per heavy atom. The molecular formula is C37H22N2O. The number of hydrogen-bond acceptors (Lipinski definition) is 2. The van der Waals surface area contributed by atoms with Crippen LogP contribution in [0.5, 0.6) is 0 Å². The van der Waals surface area contributed by atoms with E-state index in [4.69, 9.17) is 4.42 Å². The van der Waals surface area contributed by atoms with E-state index in [1.165, 1.54) is 10.8 Å². The SMILES string of the molecule is N#Cc1cccc(-c2ccccc2-c2cccc3oc4ccccc4c23)c1-n1c2ccccc2c2ccccc21. The number of rotatable bonds is 3. The molecule has 0 bridgehead atoms. The first kappa shape index (κ1) is 22.4. The van der Waals surface area contributed by atoms with E-state index in [-0.39, 0.29) is 0 Å². The van der Waals surface area contributed by atoms with Crippen LogP contribution in [0, 0.1) is 11.3 Å². The zero-order valence-corrected chi connectivity index (χ0v) is 21.5. The van der Waals surface area contributed by atoms with Crippen LogP contribution >= 0.6 is 0 Å². The number of benzene rings is 6. The lowest BCUT2D eigenvalue weighted by Crippen LogP contribution is -2.01. The fraction of sp³-hybridized carbons (Fsp3) is 0. The predicted molar refractivity (Wildman–Crippen MR) is 164 cm³/mol. The summed E-state index contributed by atoms with van der Waals surface area (Å²) in [7, 11) is 0. The number of furan rings is 1. The van der Waals surface area contributed by atoms with Gasteiger partial charge >= 0.3 is 0 Å². The normalized spacial score (nSPS) is 11.5. The molecule has 0 radical (unpaired) electrons. The zero-order chi connectivity index (χ0) is 26.6. The summed E-state index contributed by atoms with van der Waals surface area (Å²) in [6, 6.07) is 48.3. The zero-order valence-electron chi connectivity index (χ0n) is 21.5. The summed E-state index contributed by atoms with van der Waals surface area (Å²) >= 11 is 0. The minimum atomic E-state index is 0.630. The number of aromatic nitrogens is 1. The van der Waals surface area contributed by atoms with Crippen molar-refractivity contribution in [2.24, 2.45) is 0 Å². The van der Waals surface area contributed by atoms with E-state index in [1.54, 1.807) is 0 Å². The molecule has 0 saturated heterocycles. The maximum atomic E-state index is 10.4. The summed E-state index contributed by atoms with van der Waals surface area (Å²) in [4.78, 5) is 0. The Morgan fingerprint density at radius 2 is 1.00 bits per heavy atom. The third-order valence-electron chi connectivity index (χ3n) is 7.87. The van der Waals surface area contributed by atoms with Crippen molar-refractivity contribution < 1.29 is 4.42 Å². The summed E-state index contributed by atoms with van der Waals surface area (Å²) < 4.78 is 8.48. The van der Waals surface area contributed by atoms with Crippen LogP contribution in [-0.2, 0) is 0 Å². The van der Waals surface area contributed by atoms with Gasteiger partial charge in [-0.25, -0.2) is 0 Å². The van der Waals surface area contributed by atoms with E-state index in [0.29, 0.717) is 5.56 Å². The molecule has 2 aromatic heterocycles. The van der Waals surface area contributed by atoms with Crippen LogP contribution in [0.3, 0.4) is 0 Å². The van der Waals surface area contributed by atoms with Gasteiger partial charge in [0.25, 0.3) is 0 Å². The lowest BCUT2D eigenvalue weighted by atomic mass is 9.90. The van der Waals surface area contributed by atoms with E-state index >= 15 is 0 Å². The van der Waals surface area contributed by atoms with Gasteiger partial charge < -0.3 is 8.98 Å². The van der Waals surface area contributed by atoms with E-state index < -0.39 is 0 Å². The first-order valence-corrected chi connectivity index (χ1v) is 13.4. The standard InChI is InChI=1S/C37H22N2O/c38-23-24-11-9-18-30(37(24)39-32-19-6-3-14-27(32)28-15-4-7-20-33(28)39)26-13-2-1-12-25(26)29-17-10-22-35-36(29)31-16-5-8-21-34(31)40-35/h1-22H. The smallest absolute Gasteiger partial charge is 0.136 e. The lowest BCUT2D eigenvalue weighted by molar-refractivity contribution is 0.669.